The Labute approximate surface area is 64.3 Å². The molecule has 1 aliphatic rings. The number of hydrogen-bond donors (Lipinski definition) is 0. The van der Waals surface area contributed by atoms with E-state index in [9.17, 15) is 0 Å². The van der Waals surface area contributed by atoms with Crippen molar-refractivity contribution in [3.8, 4) is 0 Å². The fourth-order valence-electron chi connectivity index (χ4n) is 1.62. The maximum absolute atomic E-state index is 2.42. The van der Waals surface area contributed by atoms with Gasteiger partial charge in [-0.1, -0.05) is 31.9 Å². The molecule has 0 fully saturated rings. The maximum Gasteiger partial charge on any atom is -0.0191 e. The molecule has 0 amide bonds. The Hall–Kier alpha value is -0.260. The maximum atomic E-state index is 2.42. The molecule has 0 aromatic carbocycles. The first-order valence-electron chi connectivity index (χ1n) is 4.39. The minimum Gasteiger partial charge on any atom is -0.0821 e. The van der Waals surface area contributed by atoms with Crippen LogP contribution in [-0.2, 0) is 0 Å². The second-order valence-electron chi connectivity index (χ2n) is 3.73. The van der Waals surface area contributed by atoms with Crippen LogP contribution in [0.5, 0.6) is 0 Å². The predicted octanol–water partition coefficient (Wildman–Crippen LogP) is 3.39. The first-order chi connectivity index (χ1) is 4.72. The monoisotopic (exact) mass is 138 g/mol. The molecule has 0 aliphatic heterocycles. The highest BCUT2D eigenvalue weighted by Crippen LogP contribution is 2.31. The first-order valence-corrected chi connectivity index (χ1v) is 4.39. The van der Waals surface area contributed by atoms with Gasteiger partial charge >= 0.3 is 0 Å². The van der Waals surface area contributed by atoms with E-state index in [2.05, 4.69) is 26.8 Å². The minimum absolute atomic E-state index is 0.925. The topological polar surface area (TPSA) is 0 Å². The summed E-state index contributed by atoms with van der Waals surface area (Å²) in [5.74, 6) is 1.85. The smallest absolute Gasteiger partial charge is 0.0191 e. The lowest BCUT2D eigenvalue weighted by Crippen LogP contribution is -2.11. The molecule has 2 unspecified atom stereocenters. The number of hydrogen-bond acceptors (Lipinski definition) is 0. The molecule has 0 radical (unpaired) electrons. The summed E-state index contributed by atoms with van der Waals surface area (Å²) in [4.78, 5) is 0. The predicted molar refractivity (Wildman–Crippen MR) is 45.9 cm³/mol. The summed E-state index contributed by atoms with van der Waals surface area (Å²) in [6.45, 7) is 6.86. The lowest BCUT2D eigenvalue weighted by Gasteiger charge is -2.25. The lowest BCUT2D eigenvalue weighted by atomic mass is 9.81. The summed E-state index contributed by atoms with van der Waals surface area (Å²) in [7, 11) is 0. The van der Waals surface area contributed by atoms with E-state index in [-0.39, 0.29) is 0 Å². The SMILES string of the molecule is CCC(C)CC1C=C(C)C1. The van der Waals surface area contributed by atoms with E-state index in [0.29, 0.717) is 0 Å². The summed E-state index contributed by atoms with van der Waals surface area (Å²) in [6.07, 6.45) is 6.54. The van der Waals surface area contributed by atoms with Gasteiger partial charge in [0.1, 0.15) is 0 Å². The highest BCUT2D eigenvalue weighted by atomic mass is 14.2. The third kappa shape index (κ3) is 1.86. The van der Waals surface area contributed by atoms with Crippen LogP contribution in [0.25, 0.3) is 0 Å². The molecule has 0 bridgehead atoms. The van der Waals surface area contributed by atoms with E-state index in [1.807, 2.05) is 0 Å². The highest BCUT2D eigenvalue weighted by molar-refractivity contribution is 5.13. The van der Waals surface area contributed by atoms with Gasteiger partial charge in [-0.15, -0.1) is 0 Å². The van der Waals surface area contributed by atoms with Crippen molar-refractivity contribution < 1.29 is 0 Å². The van der Waals surface area contributed by atoms with Crippen molar-refractivity contribution in [1.29, 1.82) is 0 Å². The van der Waals surface area contributed by atoms with Crippen molar-refractivity contribution in [2.45, 2.75) is 40.0 Å². The molecule has 0 aromatic rings. The Kier molecular flexibility index (Phi) is 2.53. The molecule has 1 aliphatic carbocycles. The third-order valence-electron chi connectivity index (χ3n) is 2.51. The molecule has 0 heteroatoms. The molecule has 0 nitrogen and oxygen atoms in total. The van der Waals surface area contributed by atoms with E-state index in [1.54, 1.807) is 5.57 Å². The van der Waals surface area contributed by atoms with Gasteiger partial charge in [-0.2, -0.15) is 0 Å². The zero-order chi connectivity index (χ0) is 7.56. The van der Waals surface area contributed by atoms with Gasteiger partial charge < -0.3 is 0 Å². The first kappa shape index (κ1) is 7.84. The van der Waals surface area contributed by atoms with Crippen molar-refractivity contribution in [2.75, 3.05) is 0 Å². The largest absolute Gasteiger partial charge is 0.0821 e. The number of rotatable bonds is 3. The molecule has 1 rings (SSSR count). The molecule has 0 N–H and O–H groups in total. The Morgan fingerprint density at radius 2 is 2.30 bits per heavy atom. The van der Waals surface area contributed by atoms with Gasteiger partial charge in [0.05, 0.1) is 0 Å². The summed E-state index contributed by atoms with van der Waals surface area (Å²) >= 11 is 0. The van der Waals surface area contributed by atoms with Gasteiger partial charge in [0.25, 0.3) is 0 Å². The van der Waals surface area contributed by atoms with Crippen molar-refractivity contribution in [2.24, 2.45) is 11.8 Å². The molecule has 0 spiro atoms. The molecule has 0 saturated carbocycles. The van der Waals surface area contributed by atoms with Crippen LogP contribution < -0.4 is 0 Å². The van der Waals surface area contributed by atoms with Crippen molar-refractivity contribution in [1.82, 2.24) is 0 Å². The van der Waals surface area contributed by atoms with Gasteiger partial charge in [0.15, 0.2) is 0 Å². The van der Waals surface area contributed by atoms with Gasteiger partial charge in [-0.25, -0.2) is 0 Å². The van der Waals surface area contributed by atoms with Gasteiger partial charge in [-0.3, -0.25) is 0 Å². The van der Waals surface area contributed by atoms with Crippen LogP contribution in [0.2, 0.25) is 0 Å². The second kappa shape index (κ2) is 3.23. The van der Waals surface area contributed by atoms with Crippen LogP contribution in [0.4, 0.5) is 0 Å². The summed E-state index contributed by atoms with van der Waals surface area (Å²) in [5, 5.41) is 0. The average Bonchev–Trinajstić information content (AvgIpc) is 1.84. The Balaban J connectivity index is 2.17. The quantitative estimate of drug-likeness (QED) is 0.524. The van der Waals surface area contributed by atoms with Crippen LogP contribution in [0.1, 0.15) is 40.0 Å². The second-order valence-corrected chi connectivity index (χ2v) is 3.73. The minimum atomic E-state index is 0.925. The third-order valence-corrected chi connectivity index (χ3v) is 2.51. The average molecular weight is 138 g/mol. The standard InChI is InChI=1S/C10H18/c1-4-8(2)5-10-6-9(3)7-10/h6,8,10H,4-5,7H2,1-3H3. The number of allylic oxidation sites excluding steroid dienone is 2. The Bertz CT molecular complexity index is 133. The van der Waals surface area contributed by atoms with Crippen molar-refractivity contribution >= 4 is 0 Å². The van der Waals surface area contributed by atoms with Crippen LogP contribution in [0.15, 0.2) is 11.6 Å². The fraction of sp³-hybridized carbons (Fsp3) is 0.800. The van der Waals surface area contributed by atoms with Gasteiger partial charge in [0, 0.05) is 0 Å². The summed E-state index contributed by atoms with van der Waals surface area (Å²) in [5.41, 5.74) is 1.59. The van der Waals surface area contributed by atoms with Gasteiger partial charge in [-0.05, 0) is 31.6 Å². The van der Waals surface area contributed by atoms with Gasteiger partial charge in [0.2, 0.25) is 0 Å². The van der Waals surface area contributed by atoms with Crippen LogP contribution in [-0.4, -0.2) is 0 Å². The highest BCUT2D eigenvalue weighted by Gasteiger charge is 2.17. The van der Waals surface area contributed by atoms with Crippen LogP contribution in [0, 0.1) is 11.8 Å². The molecule has 0 saturated heterocycles. The molecule has 0 heterocycles. The lowest BCUT2D eigenvalue weighted by molar-refractivity contribution is 0.408. The Morgan fingerprint density at radius 1 is 1.70 bits per heavy atom. The summed E-state index contributed by atoms with van der Waals surface area (Å²) in [6, 6.07) is 0. The molecule has 10 heavy (non-hydrogen) atoms. The zero-order valence-electron chi connectivity index (χ0n) is 7.35. The molecular weight excluding hydrogens is 120 g/mol. The summed E-state index contributed by atoms with van der Waals surface area (Å²) < 4.78 is 0. The zero-order valence-corrected chi connectivity index (χ0v) is 7.35. The van der Waals surface area contributed by atoms with E-state index in [0.717, 1.165) is 11.8 Å². The molecule has 2 atom stereocenters. The van der Waals surface area contributed by atoms with Crippen LogP contribution in [0.3, 0.4) is 0 Å². The van der Waals surface area contributed by atoms with E-state index in [1.165, 1.54) is 19.3 Å². The van der Waals surface area contributed by atoms with E-state index < -0.39 is 0 Å². The molecular formula is C10H18. The normalized spacial score (nSPS) is 27.1. The van der Waals surface area contributed by atoms with Crippen molar-refractivity contribution in [3.63, 3.8) is 0 Å². The molecule has 58 valence electrons. The van der Waals surface area contributed by atoms with Crippen LogP contribution >= 0.6 is 0 Å². The Morgan fingerprint density at radius 3 is 2.70 bits per heavy atom. The van der Waals surface area contributed by atoms with E-state index >= 15 is 0 Å². The fourth-order valence-corrected chi connectivity index (χ4v) is 1.62. The van der Waals surface area contributed by atoms with E-state index in [4.69, 9.17) is 0 Å². The molecule has 0 aromatic heterocycles. The van der Waals surface area contributed by atoms with Crippen molar-refractivity contribution in [3.05, 3.63) is 11.6 Å².